The van der Waals surface area contributed by atoms with E-state index in [2.05, 4.69) is 13.8 Å². The molecule has 102 valence electrons. The molecule has 17 heavy (non-hydrogen) atoms. The molecule has 0 rings (SSSR count). The van der Waals surface area contributed by atoms with Crippen molar-refractivity contribution >= 4 is 29.5 Å². The van der Waals surface area contributed by atoms with Gasteiger partial charge in [-0.3, -0.25) is 4.79 Å². The molecule has 0 aromatic heterocycles. The summed E-state index contributed by atoms with van der Waals surface area (Å²) in [5, 5.41) is 0.0309. The number of hydrogen-bond donors (Lipinski definition) is 0. The van der Waals surface area contributed by atoms with Gasteiger partial charge >= 0.3 is 5.97 Å². The summed E-state index contributed by atoms with van der Waals surface area (Å²) >= 11 is 3.63. The van der Waals surface area contributed by atoms with E-state index in [1.165, 1.54) is 25.7 Å². The van der Waals surface area contributed by atoms with Gasteiger partial charge in [0, 0.05) is 5.75 Å². The molecule has 0 aliphatic rings. The number of esters is 1. The van der Waals surface area contributed by atoms with Crippen molar-refractivity contribution in [1.29, 1.82) is 0 Å². The van der Waals surface area contributed by atoms with E-state index in [0.717, 1.165) is 17.3 Å². The van der Waals surface area contributed by atoms with Crippen molar-refractivity contribution in [2.75, 3.05) is 23.9 Å². The second kappa shape index (κ2) is 12.6. The Kier molecular flexibility index (Phi) is 12.7. The summed E-state index contributed by atoms with van der Waals surface area (Å²) in [4.78, 5) is 11.7. The Morgan fingerprint density at radius 3 is 2.35 bits per heavy atom. The fourth-order valence-corrected chi connectivity index (χ4v) is 3.85. The smallest absolute Gasteiger partial charge is 0.319 e. The van der Waals surface area contributed by atoms with Gasteiger partial charge in [-0.1, -0.05) is 26.7 Å². The zero-order chi connectivity index (χ0) is 12.9. The molecular formula is C13H26O2S2. The van der Waals surface area contributed by atoms with Gasteiger partial charge in [0.15, 0.2) is 0 Å². The van der Waals surface area contributed by atoms with E-state index in [9.17, 15) is 4.79 Å². The quantitative estimate of drug-likeness (QED) is 0.422. The molecule has 0 aliphatic carbocycles. The Bertz CT molecular complexity index is 186. The maximum Gasteiger partial charge on any atom is 0.319 e. The van der Waals surface area contributed by atoms with Crippen LogP contribution in [-0.2, 0) is 9.53 Å². The summed E-state index contributed by atoms with van der Waals surface area (Å²) in [5.41, 5.74) is 0. The molecule has 0 radical (unpaired) electrons. The first-order valence-electron chi connectivity index (χ1n) is 6.62. The Balaban J connectivity index is 3.87. The van der Waals surface area contributed by atoms with Crippen molar-refractivity contribution < 1.29 is 9.53 Å². The van der Waals surface area contributed by atoms with Gasteiger partial charge in [0.2, 0.25) is 0 Å². The van der Waals surface area contributed by atoms with Gasteiger partial charge in [-0.2, -0.15) is 11.8 Å². The Morgan fingerprint density at radius 2 is 1.76 bits per heavy atom. The molecule has 0 fully saturated rings. The summed E-state index contributed by atoms with van der Waals surface area (Å²) in [6.45, 7) is 6.73. The molecule has 1 atom stereocenters. The third-order valence-corrected chi connectivity index (χ3v) is 4.92. The molecule has 0 bridgehead atoms. The van der Waals surface area contributed by atoms with Gasteiger partial charge in [0.25, 0.3) is 0 Å². The van der Waals surface area contributed by atoms with Crippen LogP contribution in [0.2, 0.25) is 0 Å². The van der Waals surface area contributed by atoms with Crippen LogP contribution in [0.3, 0.4) is 0 Å². The Morgan fingerprint density at radius 1 is 1.12 bits per heavy atom. The van der Waals surface area contributed by atoms with Crippen molar-refractivity contribution in [2.24, 2.45) is 0 Å². The van der Waals surface area contributed by atoms with Crippen LogP contribution in [-0.4, -0.2) is 35.1 Å². The summed E-state index contributed by atoms with van der Waals surface area (Å²) < 4.78 is 5.12. The number of carbonyl (C=O) groups is 1. The van der Waals surface area contributed by atoms with Crippen LogP contribution in [0.1, 0.15) is 46.5 Å². The maximum atomic E-state index is 11.7. The van der Waals surface area contributed by atoms with Crippen molar-refractivity contribution in [2.45, 2.75) is 51.7 Å². The number of carbonyl (C=O) groups excluding carboxylic acids is 1. The molecule has 0 aromatic carbocycles. The molecule has 0 saturated carbocycles. The summed E-state index contributed by atoms with van der Waals surface area (Å²) in [6.07, 6.45) is 4.83. The van der Waals surface area contributed by atoms with E-state index in [1.807, 2.05) is 18.7 Å². The lowest BCUT2D eigenvalue weighted by Crippen LogP contribution is -2.23. The molecule has 0 amide bonds. The third-order valence-electron chi connectivity index (χ3n) is 2.28. The monoisotopic (exact) mass is 278 g/mol. The first-order chi connectivity index (χ1) is 8.26. The van der Waals surface area contributed by atoms with Gasteiger partial charge in [-0.05, 0) is 31.3 Å². The van der Waals surface area contributed by atoms with E-state index >= 15 is 0 Å². The van der Waals surface area contributed by atoms with Gasteiger partial charge in [0.1, 0.15) is 5.25 Å². The van der Waals surface area contributed by atoms with Crippen molar-refractivity contribution in [1.82, 2.24) is 0 Å². The van der Waals surface area contributed by atoms with E-state index in [0.29, 0.717) is 6.61 Å². The topological polar surface area (TPSA) is 26.3 Å². The third kappa shape index (κ3) is 9.83. The zero-order valence-corrected chi connectivity index (χ0v) is 13.0. The molecule has 0 aromatic rings. The number of thioether (sulfide) groups is 2. The van der Waals surface area contributed by atoms with Gasteiger partial charge in [0.05, 0.1) is 6.61 Å². The standard InChI is InChI=1S/C13H26O2S2/c1-4-7-9-16-11-12(13(14)15-6-3)17-10-8-5-2/h12H,4-11H2,1-3H3. The SMILES string of the molecule is CCCCSCC(SCCCC)C(=O)OCC. The first kappa shape index (κ1) is 17.2. The molecule has 0 N–H and O–H groups in total. The zero-order valence-electron chi connectivity index (χ0n) is 11.4. The first-order valence-corrected chi connectivity index (χ1v) is 8.82. The van der Waals surface area contributed by atoms with Gasteiger partial charge < -0.3 is 4.74 Å². The van der Waals surface area contributed by atoms with Gasteiger partial charge in [-0.25, -0.2) is 0 Å². The number of unbranched alkanes of at least 4 members (excludes halogenated alkanes) is 2. The van der Waals surface area contributed by atoms with Crippen molar-refractivity contribution in [3.63, 3.8) is 0 Å². The molecular weight excluding hydrogens is 252 g/mol. The van der Waals surface area contributed by atoms with Crippen LogP contribution in [0.15, 0.2) is 0 Å². The average molecular weight is 278 g/mol. The van der Waals surface area contributed by atoms with Crippen LogP contribution in [0.5, 0.6) is 0 Å². The van der Waals surface area contributed by atoms with Crippen LogP contribution < -0.4 is 0 Å². The molecule has 0 spiro atoms. The summed E-state index contributed by atoms with van der Waals surface area (Å²) in [5.74, 6) is 3.08. The van der Waals surface area contributed by atoms with Crippen LogP contribution in [0.4, 0.5) is 0 Å². The molecule has 2 nitrogen and oxygen atoms in total. The lowest BCUT2D eigenvalue weighted by Gasteiger charge is -2.14. The minimum absolute atomic E-state index is 0.0300. The fraction of sp³-hybridized carbons (Fsp3) is 0.923. The Hall–Kier alpha value is 0.170. The molecule has 1 unspecified atom stereocenters. The molecule has 0 aliphatic heterocycles. The molecule has 0 saturated heterocycles. The van der Waals surface area contributed by atoms with Gasteiger partial charge in [-0.15, -0.1) is 11.8 Å². The number of ether oxygens (including phenoxy) is 1. The lowest BCUT2D eigenvalue weighted by atomic mass is 10.4. The number of hydrogen-bond acceptors (Lipinski definition) is 4. The van der Waals surface area contributed by atoms with E-state index in [1.54, 1.807) is 11.8 Å². The highest BCUT2D eigenvalue weighted by Gasteiger charge is 2.19. The van der Waals surface area contributed by atoms with Crippen LogP contribution in [0.25, 0.3) is 0 Å². The van der Waals surface area contributed by atoms with Crippen LogP contribution >= 0.6 is 23.5 Å². The predicted molar refractivity (Wildman–Crippen MR) is 80.0 cm³/mol. The minimum Gasteiger partial charge on any atom is -0.465 e. The van der Waals surface area contributed by atoms with Crippen LogP contribution in [0, 0.1) is 0 Å². The minimum atomic E-state index is -0.0300. The number of rotatable bonds is 11. The molecule has 4 heteroatoms. The van der Waals surface area contributed by atoms with E-state index < -0.39 is 0 Å². The van der Waals surface area contributed by atoms with E-state index in [4.69, 9.17) is 4.74 Å². The van der Waals surface area contributed by atoms with E-state index in [-0.39, 0.29) is 11.2 Å². The summed E-state index contributed by atoms with van der Waals surface area (Å²) in [6, 6.07) is 0. The highest BCUT2D eigenvalue weighted by atomic mass is 32.2. The summed E-state index contributed by atoms with van der Waals surface area (Å²) in [7, 11) is 0. The normalized spacial score (nSPS) is 12.4. The lowest BCUT2D eigenvalue weighted by molar-refractivity contribution is -0.141. The average Bonchev–Trinajstić information content (AvgIpc) is 2.32. The maximum absolute atomic E-state index is 11.7. The second-order valence-corrected chi connectivity index (χ2v) is 6.35. The molecule has 0 heterocycles. The highest BCUT2D eigenvalue weighted by Crippen LogP contribution is 2.20. The predicted octanol–water partition coefficient (Wildman–Crippen LogP) is 3.98. The Labute approximate surface area is 115 Å². The largest absolute Gasteiger partial charge is 0.465 e. The van der Waals surface area contributed by atoms with Crippen molar-refractivity contribution in [3.05, 3.63) is 0 Å². The second-order valence-electron chi connectivity index (χ2n) is 3.89. The highest BCUT2D eigenvalue weighted by molar-refractivity contribution is 8.03. The fourth-order valence-electron chi connectivity index (χ4n) is 1.23. The van der Waals surface area contributed by atoms with Crippen molar-refractivity contribution in [3.8, 4) is 0 Å².